The van der Waals surface area contributed by atoms with Crippen LogP contribution in [-0.2, 0) is 4.79 Å². The third-order valence-corrected chi connectivity index (χ3v) is 7.12. The SMILES string of the molecule is CCCC(=O)NC1CCC(CCN2CCN(c3ccc(C)c(Cl)c3)CC2)C(C#N)C1. The number of nitrogens with zero attached hydrogens (tertiary/aromatic N) is 3. The molecule has 2 aliphatic rings. The minimum Gasteiger partial charge on any atom is -0.369 e. The molecule has 1 saturated carbocycles. The molecule has 5 nitrogen and oxygen atoms in total. The summed E-state index contributed by atoms with van der Waals surface area (Å²) in [6, 6.07) is 9.02. The number of nitrogens with one attached hydrogen (secondary N) is 1. The Balaban J connectivity index is 1.42. The summed E-state index contributed by atoms with van der Waals surface area (Å²) in [6.45, 7) is 9.22. The van der Waals surface area contributed by atoms with Crippen LogP contribution < -0.4 is 10.2 Å². The van der Waals surface area contributed by atoms with E-state index in [9.17, 15) is 10.1 Å². The number of amides is 1. The van der Waals surface area contributed by atoms with E-state index in [2.05, 4.69) is 39.4 Å². The predicted molar refractivity (Wildman–Crippen MR) is 123 cm³/mol. The zero-order chi connectivity index (χ0) is 21.5. The maximum atomic E-state index is 11.9. The summed E-state index contributed by atoms with van der Waals surface area (Å²) in [4.78, 5) is 16.8. The number of carbonyl (C=O) groups is 1. The first-order valence-electron chi connectivity index (χ1n) is 11.4. The highest BCUT2D eigenvalue weighted by molar-refractivity contribution is 6.31. The van der Waals surface area contributed by atoms with Gasteiger partial charge in [0.1, 0.15) is 0 Å². The van der Waals surface area contributed by atoms with Gasteiger partial charge in [-0.05, 0) is 69.2 Å². The van der Waals surface area contributed by atoms with E-state index >= 15 is 0 Å². The van der Waals surface area contributed by atoms with Gasteiger partial charge in [-0.3, -0.25) is 9.69 Å². The van der Waals surface area contributed by atoms with Crippen molar-refractivity contribution in [1.82, 2.24) is 10.2 Å². The van der Waals surface area contributed by atoms with Gasteiger partial charge in [0, 0.05) is 49.4 Å². The van der Waals surface area contributed by atoms with E-state index in [-0.39, 0.29) is 17.9 Å². The standard InChI is InChI=1S/C24H35ClN4O/c1-3-4-24(30)27-21-7-6-19(20(15-21)17-26)9-10-28-11-13-29(14-12-28)22-8-5-18(2)23(25)16-22/h5,8,16,19-21H,3-4,6-7,9-15H2,1-2H3,(H,27,30). The van der Waals surface area contributed by atoms with Crippen LogP contribution in [0.4, 0.5) is 5.69 Å². The van der Waals surface area contributed by atoms with Gasteiger partial charge >= 0.3 is 0 Å². The fraction of sp³-hybridized carbons (Fsp3) is 0.667. The molecule has 1 aliphatic heterocycles. The highest BCUT2D eigenvalue weighted by atomic mass is 35.5. The highest BCUT2D eigenvalue weighted by Crippen LogP contribution is 2.33. The number of hydrogen-bond donors (Lipinski definition) is 1. The van der Waals surface area contributed by atoms with E-state index < -0.39 is 0 Å². The zero-order valence-electron chi connectivity index (χ0n) is 18.4. The normalized spacial score (nSPS) is 25.0. The molecule has 30 heavy (non-hydrogen) atoms. The average Bonchev–Trinajstić information content (AvgIpc) is 2.75. The fourth-order valence-corrected chi connectivity index (χ4v) is 4.93. The van der Waals surface area contributed by atoms with Crippen molar-refractivity contribution in [3.05, 3.63) is 28.8 Å². The van der Waals surface area contributed by atoms with Gasteiger partial charge in [0.15, 0.2) is 0 Å². The molecule has 1 heterocycles. The predicted octanol–water partition coefficient (Wildman–Crippen LogP) is 4.39. The molecule has 2 fully saturated rings. The number of aryl methyl sites for hydroxylation is 1. The second kappa shape index (κ2) is 11.0. The van der Waals surface area contributed by atoms with Gasteiger partial charge in [0.2, 0.25) is 5.91 Å². The summed E-state index contributed by atoms with van der Waals surface area (Å²) in [5.41, 5.74) is 2.32. The van der Waals surface area contributed by atoms with Crippen LogP contribution in [0.25, 0.3) is 0 Å². The molecular weight excluding hydrogens is 396 g/mol. The van der Waals surface area contributed by atoms with Gasteiger partial charge in [-0.1, -0.05) is 24.6 Å². The number of anilines is 1. The first kappa shape index (κ1) is 22.9. The van der Waals surface area contributed by atoms with Crippen LogP contribution in [0, 0.1) is 30.1 Å². The third kappa shape index (κ3) is 6.12. The van der Waals surface area contributed by atoms with Crippen molar-refractivity contribution < 1.29 is 4.79 Å². The van der Waals surface area contributed by atoms with E-state index in [0.717, 1.165) is 75.4 Å². The van der Waals surface area contributed by atoms with Gasteiger partial charge in [-0.15, -0.1) is 0 Å². The van der Waals surface area contributed by atoms with Crippen molar-refractivity contribution in [3.63, 3.8) is 0 Å². The molecule has 3 rings (SSSR count). The van der Waals surface area contributed by atoms with Crippen molar-refractivity contribution in [1.29, 1.82) is 5.26 Å². The topological polar surface area (TPSA) is 59.4 Å². The Morgan fingerprint density at radius 1 is 1.27 bits per heavy atom. The van der Waals surface area contributed by atoms with E-state index in [1.54, 1.807) is 0 Å². The number of benzene rings is 1. The number of piperazine rings is 1. The molecule has 6 heteroatoms. The lowest BCUT2D eigenvalue weighted by atomic mass is 9.76. The Kier molecular flexibility index (Phi) is 8.41. The van der Waals surface area contributed by atoms with Crippen molar-refractivity contribution >= 4 is 23.2 Å². The van der Waals surface area contributed by atoms with Gasteiger partial charge in [0.05, 0.1) is 12.0 Å². The quantitative estimate of drug-likeness (QED) is 0.697. The minimum atomic E-state index is 0.0571. The van der Waals surface area contributed by atoms with Crippen LogP contribution in [0.5, 0.6) is 0 Å². The Bertz CT molecular complexity index is 754. The molecule has 0 radical (unpaired) electrons. The van der Waals surface area contributed by atoms with E-state index in [0.29, 0.717) is 12.3 Å². The maximum absolute atomic E-state index is 11.9. The third-order valence-electron chi connectivity index (χ3n) is 6.71. The van der Waals surface area contributed by atoms with Crippen LogP contribution in [0.15, 0.2) is 18.2 Å². The molecule has 1 N–H and O–H groups in total. The molecule has 1 aromatic carbocycles. The largest absolute Gasteiger partial charge is 0.369 e. The molecule has 0 aromatic heterocycles. The molecule has 1 aromatic rings. The number of rotatable bonds is 7. The van der Waals surface area contributed by atoms with Gasteiger partial charge < -0.3 is 10.2 Å². The van der Waals surface area contributed by atoms with Crippen LogP contribution >= 0.6 is 11.6 Å². The molecule has 0 bridgehead atoms. The van der Waals surface area contributed by atoms with Crippen LogP contribution in [0.2, 0.25) is 5.02 Å². The number of halogens is 1. The van der Waals surface area contributed by atoms with E-state index in [1.165, 1.54) is 5.69 Å². The summed E-state index contributed by atoms with van der Waals surface area (Å²) in [7, 11) is 0. The molecule has 1 aliphatic carbocycles. The molecule has 3 unspecified atom stereocenters. The zero-order valence-corrected chi connectivity index (χ0v) is 19.1. The maximum Gasteiger partial charge on any atom is 0.220 e. The highest BCUT2D eigenvalue weighted by Gasteiger charge is 2.31. The van der Waals surface area contributed by atoms with Crippen molar-refractivity contribution in [2.24, 2.45) is 11.8 Å². The summed E-state index contributed by atoms with van der Waals surface area (Å²) >= 11 is 6.29. The van der Waals surface area contributed by atoms with Gasteiger partial charge in [-0.25, -0.2) is 0 Å². The molecule has 0 spiro atoms. The van der Waals surface area contributed by atoms with Gasteiger partial charge in [0.25, 0.3) is 0 Å². The Hall–Kier alpha value is -1.77. The number of hydrogen-bond acceptors (Lipinski definition) is 4. The second-order valence-corrected chi connectivity index (χ2v) is 9.28. The van der Waals surface area contributed by atoms with Gasteiger partial charge in [-0.2, -0.15) is 5.26 Å². The Morgan fingerprint density at radius 2 is 2.03 bits per heavy atom. The Labute approximate surface area is 186 Å². The van der Waals surface area contributed by atoms with Crippen molar-refractivity contribution in [2.75, 3.05) is 37.6 Å². The fourth-order valence-electron chi connectivity index (χ4n) is 4.75. The summed E-state index contributed by atoms with van der Waals surface area (Å²) in [5.74, 6) is 0.635. The van der Waals surface area contributed by atoms with Crippen LogP contribution in [-0.4, -0.2) is 49.6 Å². The van der Waals surface area contributed by atoms with Crippen LogP contribution in [0.3, 0.4) is 0 Å². The molecular formula is C24H35ClN4O. The van der Waals surface area contributed by atoms with Crippen LogP contribution in [0.1, 0.15) is 51.0 Å². The summed E-state index contributed by atoms with van der Waals surface area (Å²) in [6.07, 6.45) is 5.37. The molecule has 3 atom stereocenters. The molecule has 1 amide bonds. The minimum absolute atomic E-state index is 0.0571. The molecule has 164 valence electrons. The number of carbonyl (C=O) groups excluding carboxylic acids is 1. The van der Waals surface area contributed by atoms with Crippen molar-refractivity contribution in [2.45, 2.75) is 58.4 Å². The lowest BCUT2D eigenvalue weighted by Crippen LogP contribution is -2.47. The first-order valence-corrected chi connectivity index (χ1v) is 11.8. The lowest BCUT2D eigenvalue weighted by Gasteiger charge is -2.38. The van der Waals surface area contributed by atoms with E-state index in [1.807, 2.05) is 13.8 Å². The number of nitriles is 1. The smallest absolute Gasteiger partial charge is 0.220 e. The molecule has 1 saturated heterocycles. The lowest BCUT2D eigenvalue weighted by molar-refractivity contribution is -0.122. The summed E-state index contributed by atoms with van der Waals surface area (Å²) < 4.78 is 0. The average molecular weight is 431 g/mol. The summed E-state index contributed by atoms with van der Waals surface area (Å²) in [5, 5.41) is 13.6. The monoisotopic (exact) mass is 430 g/mol. The second-order valence-electron chi connectivity index (χ2n) is 8.87. The van der Waals surface area contributed by atoms with Crippen molar-refractivity contribution in [3.8, 4) is 6.07 Å². The Morgan fingerprint density at radius 3 is 2.70 bits per heavy atom. The van der Waals surface area contributed by atoms with E-state index in [4.69, 9.17) is 11.6 Å². The first-order chi connectivity index (χ1) is 14.5.